The highest BCUT2D eigenvalue weighted by Crippen LogP contribution is 2.26. The molecule has 0 unspecified atom stereocenters. The van der Waals surface area contributed by atoms with Gasteiger partial charge >= 0.3 is 0 Å². The van der Waals surface area contributed by atoms with Crippen LogP contribution in [0.4, 0.5) is 4.39 Å². The third kappa shape index (κ3) is 2.75. The molecule has 1 heterocycles. The van der Waals surface area contributed by atoms with E-state index in [0.717, 1.165) is 11.6 Å². The van der Waals surface area contributed by atoms with E-state index in [1.165, 1.54) is 22.0 Å². The van der Waals surface area contributed by atoms with Gasteiger partial charge in [-0.25, -0.2) is 12.8 Å². The van der Waals surface area contributed by atoms with Crippen LogP contribution in [0.25, 0.3) is 0 Å². The van der Waals surface area contributed by atoms with Gasteiger partial charge in [-0.1, -0.05) is 24.3 Å². The van der Waals surface area contributed by atoms with Crippen molar-refractivity contribution in [3.05, 3.63) is 63.9 Å². The fraction of sp³-hybridized carbons (Fsp3) is 0.200. The lowest BCUT2D eigenvalue weighted by atomic mass is 10.0. The standard InChI is InChI=1S/C15H13BrFNO2S/c16-14-6-5-13(9-15(14)17)21(19,20)18-8-7-11-3-1-2-4-12(11)10-18/h1-6,9H,7-8,10H2. The van der Waals surface area contributed by atoms with E-state index in [9.17, 15) is 12.8 Å². The van der Waals surface area contributed by atoms with E-state index in [1.807, 2.05) is 24.3 Å². The molecule has 0 aromatic heterocycles. The summed E-state index contributed by atoms with van der Waals surface area (Å²) in [5.74, 6) is -0.575. The molecule has 0 bridgehead atoms. The Morgan fingerprint density at radius 2 is 1.81 bits per heavy atom. The lowest BCUT2D eigenvalue weighted by molar-refractivity contribution is 0.391. The topological polar surface area (TPSA) is 37.4 Å². The van der Waals surface area contributed by atoms with Crippen LogP contribution in [0.2, 0.25) is 0 Å². The lowest BCUT2D eigenvalue weighted by Crippen LogP contribution is -2.35. The molecule has 3 rings (SSSR count). The van der Waals surface area contributed by atoms with Crippen LogP contribution in [-0.4, -0.2) is 19.3 Å². The van der Waals surface area contributed by atoms with Gasteiger partial charge in [0.15, 0.2) is 0 Å². The van der Waals surface area contributed by atoms with Gasteiger partial charge in [0.1, 0.15) is 5.82 Å². The minimum Gasteiger partial charge on any atom is -0.207 e. The zero-order valence-electron chi connectivity index (χ0n) is 11.1. The zero-order chi connectivity index (χ0) is 15.0. The van der Waals surface area contributed by atoms with Crippen LogP contribution in [0.1, 0.15) is 11.1 Å². The van der Waals surface area contributed by atoms with Crippen molar-refractivity contribution in [2.75, 3.05) is 6.54 Å². The van der Waals surface area contributed by atoms with Gasteiger partial charge in [-0.15, -0.1) is 0 Å². The Balaban J connectivity index is 1.95. The fourth-order valence-electron chi connectivity index (χ4n) is 2.46. The number of rotatable bonds is 2. The molecule has 0 atom stereocenters. The molecule has 0 amide bonds. The Labute approximate surface area is 131 Å². The molecule has 0 radical (unpaired) electrons. The van der Waals surface area contributed by atoms with Crippen molar-refractivity contribution in [2.45, 2.75) is 17.9 Å². The first-order valence-corrected chi connectivity index (χ1v) is 8.74. The van der Waals surface area contributed by atoms with Crippen molar-refractivity contribution in [3.63, 3.8) is 0 Å². The summed E-state index contributed by atoms with van der Waals surface area (Å²) in [6.45, 7) is 0.743. The van der Waals surface area contributed by atoms with Gasteiger partial charge in [-0.05, 0) is 51.7 Å². The Morgan fingerprint density at radius 1 is 1.10 bits per heavy atom. The molecule has 21 heavy (non-hydrogen) atoms. The average Bonchev–Trinajstić information content (AvgIpc) is 2.49. The maximum atomic E-state index is 13.6. The van der Waals surface area contributed by atoms with Gasteiger partial charge in [-0.2, -0.15) is 4.31 Å². The minimum atomic E-state index is -3.67. The Hall–Kier alpha value is -1.24. The Kier molecular flexibility index (Phi) is 3.86. The number of sulfonamides is 1. The van der Waals surface area contributed by atoms with E-state index < -0.39 is 15.8 Å². The van der Waals surface area contributed by atoms with Gasteiger partial charge in [0, 0.05) is 13.1 Å². The highest BCUT2D eigenvalue weighted by Gasteiger charge is 2.28. The predicted octanol–water partition coefficient (Wildman–Crippen LogP) is 3.34. The first-order chi connectivity index (χ1) is 9.98. The molecule has 110 valence electrons. The molecule has 1 aliphatic heterocycles. The quantitative estimate of drug-likeness (QED) is 0.813. The summed E-state index contributed by atoms with van der Waals surface area (Å²) in [5.41, 5.74) is 2.18. The molecule has 0 saturated carbocycles. The minimum absolute atomic E-state index is 0.0115. The van der Waals surface area contributed by atoms with Crippen molar-refractivity contribution in [3.8, 4) is 0 Å². The van der Waals surface area contributed by atoms with E-state index >= 15 is 0 Å². The van der Waals surface area contributed by atoms with Gasteiger partial charge in [0.05, 0.1) is 9.37 Å². The largest absolute Gasteiger partial charge is 0.243 e. The summed E-state index contributed by atoms with van der Waals surface area (Å²) in [6.07, 6.45) is 0.675. The second-order valence-corrected chi connectivity index (χ2v) is 7.73. The first-order valence-electron chi connectivity index (χ1n) is 6.50. The fourth-order valence-corrected chi connectivity index (χ4v) is 4.14. The van der Waals surface area contributed by atoms with E-state index in [2.05, 4.69) is 15.9 Å². The molecule has 2 aromatic rings. The summed E-state index contributed by atoms with van der Waals surface area (Å²) in [4.78, 5) is -0.0115. The molecule has 3 nitrogen and oxygen atoms in total. The summed E-state index contributed by atoms with van der Waals surface area (Å²) < 4.78 is 40.5. The molecule has 0 saturated heterocycles. The predicted molar refractivity (Wildman–Crippen MR) is 81.8 cm³/mol. The van der Waals surface area contributed by atoms with E-state index in [0.29, 0.717) is 19.5 Å². The molecule has 0 spiro atoms. The van der Waals surface area contributed by atoms with Crippen LogP contribution in [0.5, 0.6) is 0 Å². The average molecular weight is 370 g/mol. The molecule has 1 aliphatic rings. The molecule has 0 aliphatic carbocycles. The summed E-state index contributed by atoms with van der Waals surface area (Å²) >= 11 is 3.03. The third-order valence-corrected chi connectivity index (χ3v) is 6.11. The van der Waals surface area contributed by atoms with Crippen molar-refractivity contribution in [1.82, 2.24) is 4.31 Å². The summed E-state index contributed by atoms with van der Waals surface area (Å²) in [7, 11) is -3.67. The smallest absolute Gasteiger partial charge is 0.207 e. The van der Waals surface area contributed by atoms with Crippen molar-refractivity contribution in [1.29, 1.82) is 0 Å². The lowest BCUT2D eigenvalue weighted by Gasteiger charge is -2.28. The second kappa shape index (κ2) is 5.51. The maximum absolute atomic E-state index is 13.6. The Morgan fingerprint density at radius 3 is 2.52 bits per heavy atom. The number of hydrogen-bond acceptors (Lipinski definition) is 2. The highest BCUT2D eigenvalue weighted by molar-refractivity contribution is 9.10. The van der Waals surface area contributed by atoms with Gasteiger partial charge in [0.25, 0.3) is 0 Å². The number of benzene rings is 2. The zero-order valence-corrected chi connectivity index (χ0v) is 13.5. The van der Waals surface area contributed by atoms with Crippen molar-refractivity contribution >= 4 is 26.0 Å². The summed E-state index contributed by atoms with van der Waals surface area (Å²) in [6, 6.07) is 11.7. The second-order valence-electron chi connectivity index (χ2n) is 4.93. The van der Waals surface area contributed by atoms with Crippen molar-refractivity contribution < 1.29 is 12.8 Å². The van der Waals surface area contributed by atoms with E-state index in [4.69, 9.17) is 0 Å². The van der Waals surface area contributed by atoms with Crippen LogP contribution < -0.4 is 0 Å². The van der Waals surface area contributed by atoms with Crippen LogP contribution >= 0.6 is 15.9 Å². The van der Waals surface area contributed by atoms with Gasteiger partial charge < -0.3 is 0 Å². The number of hydrogen-bond donors (Lipinski definition) is 0. The van der Waals surface area contributed by atoms with Crippen LogP contribution in [0, 0.1) is 5.82 Å². The first kappa shape index (κ1) is 14.7. The molecule has 2 aromatic carbocycles. The monoisotopic (exact) mass is 369 g/mol. The maximum Gasteiger partial charge on any atom is 0.243 e. The van der Waals surface area contributed by atoms with Crippen LogP contribution in [0.15, 0.2) is 51.8 Å². The van der Waals surface area contributed by atoms with E-state index in [-0.39, 0.29) is 9.37 Å². The van der Waals surface area contributed by atoms with E-state index in [1.54, 1.807) is 0 Å². The summed E-state index contributed by atoms with van der Waals surface area (Å²) in [5, 5.41) is 0. The molecule has 0 N–H and O–H groups in total. The van der Waals surface area contributed by atoms with Crippen LogP contribution in [0.3, 0.4) is 0 Å². The SMILES string of the molecule is O=S(=O)(c1ccc(Br)c(F)c1)N1CCc2ccccc2C1. The molecule has 0 fully saturated rings. The van der Waals surface area contributed by atoms with Gasteiger partial charge in [-0.3, -0.25) is 0 Å². The molecular weight excluding hydrogens is 357 g/mol. The highest BCUT2D eigenvalue weighted by atomic mass is 79.9. The number of fused-ring (bicyclic) bond motifs is 1. The molecule has 6 heteroatoms. The molecular formula is C15H13BrFNO2S. The Bertz CT molecular complexity index is 792. The van der Waals surface area contributed by atoms with Gasteiger partial charge in [0.2, 0.25) is 10.0 Å². The number of nitrogens with zero attached hydrogens (tertiary/aromatic N) is 1. The van der Waals surface area contributed by atoms with Crippen molar-refractivity contribution in [2.24, 2.45) is 0 Å². The number of halogens is 2. The third-order valence-electron chi connectivity index (χ3n) is 3.62. The van der Waals surface area contributed by atoms with Crippen LogP contribution in [-0.2, 0) is 23.0 Å². The normalized spacial score (nSPS) is 15.7.